The molecule has 1 aromatic heterocycles. The predicted octanol–water partition coefficient (Wildman–Crippen LogP) is 12.5. The Morgan fingerprint density at radius 2 is 1.09 bits per heavy atom. The van der Waals surface area contributed by atoms with Crippen molar-refractivity contribution in [3.05, 3.63) is 176 Å². The summed E-state index contributed by atoms with van der Waals surface area (Å²) >= 11 is 0. The number of nitrogens with zero attached hydrogens (tertiary/aromatic N) is 3. The van der Waals surface area contributed by atoms with Gasteiger partial charge in [-0.2, -0.15) is 0 Å². The molecule has 8 aromatic rings. The summed E-state index contributed by atoms with van der Waals surface area (Å²) in [5.74, 6) is 1.78. The summed E-state index contributed by atoms with van der Waals surface area (Å²) in [5, 5.41) is 2.59. The molecule has 0 saturated heterocycles. The van der Waals surface area contributed by atoms with Crippen molar-refractivity contribution in [3.63, 3.8) is 0 Å². The Bertz CT molecular complexity index is 2790. The van der Waals surface area contributed by atoms with E-state index in [-0.39, 0.29) is 0 Å². The molecule has 0 radical (unpaired) electrons. The number of ether oxygens (including phenoxy) is 1. The number of rotatable bonds is 7. The number of hydrogen-bond acceptors (Lipinski definition) is 4. The first-order chi connectivity index (χ1) is 28.4. The first-order valence-electron chi connectivity index (χ1n) is 20.5. The van der Waals surface area contributed by atoms with Gasteiger partial charge in [0.2, 0.25) is 0 Å². The van der Waals surface area contributed by atoms with Gasteiger partial charge in [-0.3, -0.25) is 0 Å². The van der Waals surface area contributed by atoms with Gasteiger partial charge in [0, 0.05) is 18.1 Å². The fourth-order valence-electron chi connectivity index (χ4n) is 9.17. The Labute approximate surface area is 337 Å². The molecular weight excluding hydrogens is 711 g/mol. The Balaban J connectivity index is 1.31. The summed E-state index contributed by atoms with van der Waals surface area (Å²) in [6.45, 7) is 4.85. The zero-order chi connectivity index (χ0) is 39.3. The van der Waals surface area contributed by atoms with Crippen LogP contribution in [-0.4, -0.2) is 23.0 Å². The highest BCUT2D eigenvalue weighted by molar-refractivity contribution is 7.01. The molecule has 7 aromatic carbocycles. The summed E-state index contributed by atoms with van der Waals surface area (Å²) in [5.41, 5.74) is 12.8. The SMILES string of the molecule is [2H]C1(c2ccc3c(c2-c2cccc(-c4c(-c5ccccc5)cc(-c5ncncn5)c(-c5ccccc5)c4-c4ccccc4)c2)Oc2ccccc2[Si]3(C)C)CCCC1. The van der Waals surface area contributed by atoms with E-state index >= 15 is 0 Å². The fraction of sp³-hybridized carbons (Fsp3) is 0.135. The van der Waals surface area contributed by atoms with Crippen molar-refractivity contribution in [2.45, 2.75) is 44.7 Å². The van der Waals surface area contributed by atoms with Gasteiger partial charge in [-0.15, -0.1) is 0 Å². The van der Waals surface area contributed by atoms with Crippen LogP contribution >= 0.6 is 0 Å². The molecule has 1 saturated carbocycles. The van der Waals surface area contributed by atoms with Crippen LogP contribution in [0.25, 0.3) is 67.0 Å². The minimum atomic E-state index is -2.15. The second-order valence-corrected chi connectivity index (χ2v) is 20.0. The molecule has 1 fully saturated rings. The molecule has 0 atom stereocenters. The van der Waals surface area contributed by atoms with Gasteiger partial charge in [0.05, 0.1) is 0 Å². The molecule has 1 aliphatic heterocycles. The van der Waals surface area contributed by atoms with Crippen LogP contribution in [0, 0.1) is 0 Å². The van der Waals surface area contributed by atoms with E-state index < -0.39 is 14.0 Å². The minimum absolute atomic E-state index is 0.616. The molecule has 0 N–H and O–H groups in total. The number of aromatic nitrogens is 3. The Morgan fingerprint density at radius 1 is 0.526 bits per heavy atom. The molecule has 57 heavy (non-hydrogen) atoms. The van der Waals surface area contributed by atoms with Crippen molar-refractivity contribution in [1.82, 2.24) is 15.0 Å². The second kappa shape index (κ2) is 14.6. The molecule has 0 amide bonds. The van der Waals surface area contributed by atoms with Crippen LogP contribution in [0.15, 0.2) is 170 Å². The summed E-state index contributed by atoms with van der Waals surface area (Å²) in [4.78, 5) is 13.7. The summed E-state index contributed by atoms with van der Waals surface area (Å²) in [6, 6.07) is 56.3. The lowest BCUT2D eigenvalue weighted by atomic mass is 9.79. The van der Waals surface area contributed by atoms with E-state index in [2.05, 4.69) is 176 Å². The monoisotopic (exact) mass is 754 g/mol. The maximum atomic E-state index is 9.95. The topological polar surface area (TPSA) is 47.9 Å². The van der Waals surface area contributed by atoms with Crippen LogP contribution in [0.1, 0.15) is 38.5 Å². The summed E-state index contributed by atoms with van der Waals surface area (Å²) in [7, 11) is -2.15. The quantitative estimate of drug-likeness (QED) is 0.152. The molecule has 5 heteroatoms. The van der Waals surface area contributed by atoms with Crippen LogP contribution in [-0.2, 0) is 0 Å². The molecule has 2 aliphatic rings. The van der Waals surface area contributed by atoms with Crippen molar-refractivity contribution < 1.29 is 6.11 Å². The smallest absolute Gasteiger partial charge is 0.163 e. The Kier molecular flexibility index (Phi) is 8.66. The van der Waals surface area contributed by atoms with Gasteiger partial charge >= 0.3 is 0 Å². The third-order valence-electron chi connectivity index (χ3n) is 11.9. The standard InChI is InChI=1S/C52H43N3OSi/c1-57(2)45-28-15-14-27-44(45)56-51-46(57)30-29-41(35-19-12-13-20-35)49(51)40-26-16-25-39(31-40)48-42(36-17-6-3-7-18-36)32-43(52-54-33-53-34-55-52)47(37-21-8-4-9-22-37)50(48)38-23-10-5-11-24-38/h3-11,14-18,21-35H,12-13,19-20H2,1-2H3/i35D. The summed E-state index contributed by atoms with van der Waals surface area (Å²) in [6.07, 6.45) is 6.94. The fourth-order valence-corrected chi connectivity index (χ4v) is 12.0. The highest BCUT2D eigenvalue weighted by atomic mass is 28.3. The Morgan fingerprint density at radius 3 is 1.77 bits per heavy atom. The largest absolute Gasteiger partial charge is 0.457 e. The molecule has 4 nitrogen and oxygen atoms in total. The molecule has 2 heterocycles. The van der Waals surface area contributed by atoms with Crippen LogP contribution in [0.3, 0.4) is 0 Å². The molecule has 0 spiro atoms. The van der Waals surface area contributed by atoms with E-state index in [1.54, 1.807) is 12.7 Å². The van der Waals surface area contributed by atoms with Gasteiger partial charge in [0.1, 0.15) is 32.2 Å². The third kappa shape index (κ3) is 6.19. The number of para-hydroxylation sites is 1. The number of fused-ring (bicyclic) bond motifs is 2. The van der Waals surface area contributed by atoms with Gasteiger partial charge in [-0.05, 0) is 97.4 Å². The van der Waals surface area contributed by atoms with Crippen molar-refractivity contribution in [2.24, 2.45) is 0 Å². The zero-order valence-electron chi connectivity index (χ0n) is 33.2. The maximum Gasteiger partial charge on any atom is 0.163 e. The minimum Gasteiger partial charge on any atom is -0.457 e. The molecule has 0 bridgehead atoms. The summed E-state index contributed by atoms with van der Waals surface area (Å²) < 4.78 is 17.0. The van der Waals surface area contributed by atoms with Crippen molar-refractivity contribution in [1.29, 1.82) is 0 Å². The average Bonchev–Trinajstić information content (AvgIpc) is 3.73. The number of benzene rings is 7. The van der Waals surface area contributed by atoms with Crippen LogP contribution in [0.4, 0.5) is 0 Å². The van der Waals surface area contributed by atoms with Crippen LogP contribution < -0.4 is 15.1 Å². The van der Waals surface area contributed by atoms with Gasteiger partial charge in [-0.1, -0.05) is 165 Å². The van der Waals surface area contributed by atoms with E-state index in [1.165, 1.54) is 10.4 Å². The molecule has 276 valence electrons. The van der Waals surface area contributed by atoms with Crippen LogP contribution in [0.5, 0.6) is 11.5 Å². The first-order valence-corrected chi connectivity index (χ1v) is 23.0. The molecule has 0 unspecified atom stereocenters. The third-order valence-corrected chi connectivity index (χ3v) is 15.4. The van der Waals surface area contributed by atoms with E-state index in [9.17, 15) is 1.37 Å². The van der Waals surface area contributed by atoms with Gasteiger partial charge in [-0.25, -0.2) is 15.0 Å². The van der Waals surface area contributed by atoms with Gasteiger partial charge in [0.25, 0.3) is 0 Å². The maximum absolute atomic E-state index is 9.95. The second-order valence-electron chi connectivity index (χ2n) is 15.6. The molecule has 1 aliphatic carbocycles. The molecular formula is C52H43N3OSi. The zero-order valence-corrected chi connectivity index (χ0v) is 33.2. The van der Waals surface area contributed by atoms with Crippen molar-refractivity contribution in [2.75, 3.05) is 0 Å². The van der Waals surface area contributed by atoms with Crippen molar-refractivity contribution in [3.8, 4) is 78.5 Å². The van der Waals surface area contributed by atoms with E-state index in [0.717, 1.165) is 104 Å². The lowest BCUT2D eigenvalue weighted by molar-refractivity contribution is 0.487. The van der Waals surface area contributed by atoms with Gasteiger partial charge < -0.3 is 4.74 Å². The lowest BCUT2D eigenvalue weighted by Gasteiger charge is -2.35. The number of hydrogen-bond donors (Lipinski definition) is 0. The Hall–Kier alpha value is -6.43. The van der Waals surface area contributed by atoms with E-state index in [1.807, 2.05) is 0 Å². The van der Waals surface area contributed by atoms with Crippen LogP contribution in [0.2, 0.25) is 13.1 Å². The highest BCUT2D eigenvalue weighted by Gasteiger charge is 2.39. The predicted molar refractivity (Wildman–Crippen MR) is 237 cm³/mol. The lowest BCUT2D eigenvalue weighted by Crippen LogP contribution is -2.56. The highest BCUT2D eigenvalue weighted by Crippen LogP contribution is 2.51. The van der Waals surface area contributed by atoms with Gasteiger partial charge in [0.15, 0.2) is 5.82 Å². The van der Waals surface area contributed by atoms with Crippen molar-refractivity contribution >= 4 is 18.4 Å². The van der Waals surface area contributed by atoms with E-state index in [0.29, 0.717) is 5.82 Å². The van der Waals surface area contributed by atoms with E-state index in [4.69, 9.17) is 14.7 Å². The molecule has 10 rings (SSSR count). The normalized spacial score (nSPS) is 15.2. The first kappa shape index (κ1) is 33.9. The average molecular weight is 755 g/mol.